The van der Waals surface area contributed by atoms with Gasteiger partial charge in [0.05, 0.1) is 18.3 Å². The lowest BCUT2D eigenvalue weighted by atomic mass is 9.78. The topological polar surface area (TPSA) is 96.5 Å². The molecule has 0 spiro atoms. The van der Waals surface area contributed by atoms with E-state index in [9.17, 15) is 13.2 Å². The highest BCUT2D eigenvalue weighted by Gasteiger charge is 2.39. The Morgan fingerprint density at radius 1 is 1.30 bits per heavy atom. The van der Waals surface area contributed by atoms with E-state index in [2.05, 4.69) is 15.4 Å². The summed E-state index contributed by atoms with van der Waals surface area (Å²) in [5, 5.41) is 6.12. The maximum atomic E-state index is 12.3. The van der Waals surface area contributed by atoms with E-state index in [4.69, 9.17) is 4.74 Å². The third-order valence-electron chi connectivity index (χ3n) is 3.47. The molecule has 0 aliphatic carbocycles. The highest BCUT2D eigenvalue weighted by Crippen LogP contribution is 2.29. The fourth-order valence-electron chi connectivity index (χ4n) is 2.35. The lowest BCUT2D eigenvalue weighted by Crippen LogP contribution is -2.50. The van der Waals surface area contributed by atoms with E-state index < -0.39 is 15.4 Å². The van der Waals surface area contributed by atoms with Crippen LogP contribution in [-0.2, 0) is 19.6 Å². The standard InChI is InChI=1S/C12H25N3O4S/c1-19-10-12(4-8-13-9-5-12)11(16)14-6-3-7-15-20(2,17)18/h13,15H,3-10H2,1-2H3,(H,14,16). The number of nitrogens with one attached hydrogen (secondary N) is 3. The molecule has 7 nitrogen and oxygen atoms in total. The van der Waals surface area contributed by atoms with Crippen LogP contribution in [0.4, 0.5) is 0 Å². The molecule has 118 valence electrons. The van der Waals surface area contributed by atoms with Crippen LogP contribution in [0.5, 0.6) is 0 Å². The van der Waals surface area contributed by atoms with Crippen molar-refractivity contribution in [2.24, 2.45) is 5.41 Å². The van der Waals surface area contributed by atoms with E-state index in [1.807, 2.05) is 0 Å². The van der Waals surface area contributed by atoms with E-state index in [-0.39, 0.29) is 5.91 Å². The second-order valence-corrected chi connectivity index (χ2v) is 7.07. The summed E-state index contributed by atoms with van der Waals surface area (Å²) in [7, 11) is -1.55. The van der Waals surface area contributed by atoms with Crippen LogP contribution in [0.25, 0.3) is 0 Å². The first-order valence-corrected chi connectivity index (χ1v) is 8.71. The average Bonchev–Trinajstić information content (AvgIpc) is 2.38. The molecule has 8 heteroatoms. The van der Waals surface area contributed by atoms with Crippen LogP contribution in [0.2, 0.25) is 0 Å². The minimum Gasteiger partial charge on any atom is -0.384 e. The molecule has 0 saturated carbocycles. The third kappa shape index (κ3) is 5.74. The Labute approximate surface area is 120 Å². The lowest BCUT2D eigenvalue weighted by molar-refractivity contribution is -0.136. The van der Waals surface area contributed by atoms with Crippen molar-refractivity contribution >= 4 is 15.9 Å². The second kappa shape index (κ2) is 7.92. The summed E-state index contributed by atoms with van der Waals surface area (Å²) in [4.78, 5) is 12.3. The maximum Gasteiger partial charge on any atom is 0.228 e. The molecule has 1 aliphatic heterocycles. The fraction of sp³-hybridized carbons (Fsp3) is 0.917. The molecule has 1 fully saturated rings. The quantitative estimate of drug-likeness (QED) is 0.503. The maximum absolute atomic E-state index is 12.3. The predicted octanol–water partition coefficient (Wildman–Crippen LogP) is -0.942. The molecule has 1 saturated heterocycles. The number of methoxy groups -OCH3 is 1. The molecule has 0 aromatic heterocycles. The third-order valence-corrected chi connectivity index (χ3v) is 4.19. The molecular weight excluding hydrogens is 282 g/mol. The van der Waals surface area contributed by atoms with Gasteiger partial charge in [-0.15, -0.1) is 0 Å². The second-order valence-electron chi connectivity index (χ2n) is 5.24. The summed E-state index contributed by atoms with van der Waals surface area (Å²) in [6.07, 6.45) is 3.21. The molecule has 0 aromatic carbocycles. The van der Waals surface area contributed by atoms with Gasteiger partial charge in [0.15, 0.2) is 0 Å². The van der Waals surface area contributed by atoms with Crippen molar-refractivity contribution in [1.29, 1.82) is 0 Å². The van der Waals surface area contributed by atoms with Gasteiger partial charge < -0.3 is 15.4 Å². The van der Waals surface area contributed by atoms with E-state index >= 15 is 0 Å². The fourth-order valence-corrected chi connectivity index (χ4v) is 2.87. The van der Waals surface area contributed by atoms with Crippen LogP contribution in [-0.4, -0.2) is 60.5 Å². The van der Waals surface area contributed by atoms with Crippen molar-refractivity contribution < 1.29 is 17.9 Å². The Morgan fingerprint density at radius 2 is 1.95 bits per heavy atom. The summed E-state index contributed by atoms with van der Waals surface area (Å²) in [6, 6.07) is 0. The Kier molecular flexibility index (Phi) is 6.87. The number of carbonyl (C=O) groups excluding carboxylic acids is 1. The van der Waals surface area contributed by atoms with Crippen molar-refractivity contribution in [2.75, 3.05) is 46.2 Å². The summed E-state index contributed by atoms with van der Waals surface area (Å²) >= 11 is 0. The molecule has 20 heavy (non-hydrogen) atoms. The molecule has 0 bridgehead atoms. The number of sulfonamides is 1. The van der Waals surface area contributed by atoms with Crippen molar-refractivity contribution in [2.45, 2.75) is 19.3 Å². The number of hydrogen-bond acceptors (Lipinski definition) is 5. The lowest BCUT2D eigenvalue weighted by Gasteiger charge is -2.35. The number of carbonyl (C=O) groups is 1. The molecule has 0 atom stereocenters. The van der Waals surface area contributed by atoms with Gasteiger partial charge in [-0.05, 0) is 32.4 Å². The number of piperidine rings is 1. The molecular formula is C12H25N3O4S. The zero-order valence-corrected chi connectivity index (χ0v) is 13.0. The van der Waals surface area contributed by atoms with Crippen LogP contribution in [0, 0.1) is 5.41 Å². The molecule has 3 N–H and O–H groups in total. The van der Waals surface area contributed by atoms with Gasteiger partial charge in [-0.1, -0.05) is 0 Å². The van der Waals surface area contributed by atoms with Gasteiger partial charge in [0, 0.05) is 20.2 Å². The van der Waals surface area contributed by atoms with Crippen LogP contribution >= 0.6 is 0 Å². The highest BCUT2D eigenvalue weighted by atomic mass is 32.2. The molecule has 1 aliphatic rings. The van der Waals surface area contributed by atoms with Crippen molar-refractivity contribution in [1.82, 2.24) is 15.4 Å². The van der Waals surface area contributed by atoms with Crippen LogP contribution in [0.15, 0.2) is 0 Å². The molecule has 0 unspecified atom stereocenters. The zero-order valence-electron chi connectivity index (χ0n) is 12.2. The SMILES string of the molecule is COCC1(C(=O)NCCCNS(C)(=O)=O)CCNCC1. The van der Waals surface area contributed by atoms with Crippen molar-refractivity contribution in [3.05, 3.63) is 0 Å². The minimum atomic E-state index is -3.16. The van der Waals surface area contributed by atoms with Gasteiger partial charge in [0.2, 0.25) is 15.9 Å². The number of rotatable bonds is 8. The van der Waals surface area contributed by atoms with E-state index in [1.165, 1.54) is 0 Å². The first kappa shape index (κ1) is 17.4. The predicted molar refractivity (Wildman–Crippen MR) is 76.9 cm³/mol. The zero-order chi connectivity index (χ0) is 15.1. The average molecular weight is 307 g/mol. The number of hydrogen-bond donors (Lipinski definition) is 3. The molecule has 0 radical (unpaired) electrons. The summed E-state index contributed by atoms with van der Waals surface area (Å²) in [6.45, 7) is 2.83. The first-order valence-electron chi connectivity index (χ1n) is 6.82. The van der Waals surface area contributed by atoms with Gasteiger partial charge in [0.1, 0.15) is 0 Å². The van der Waals surface area contributed by atoms with Crippen LogP contribution < -0.4 is 15.4 Å². The highest BCUT2D eigenvalue weighted by molar-refractivity contribution is 7.88. The van der Waals surface area contributed by atoms with Crippen molar-refractivity contribution in [3.63, 3.8) is 0 Å². The summed E-state index contributed by atoms with van der Waals surface area (Å²) < 4.78 is 29.4. The van der Waals surface area contributed by atoms with Crippen LogP contribution in [0.3, 0.4) is 0 Å². The van der Waals surface area contributed by atoms with Gasteiger partial charge >= 0.3 is 0 Å². The Balaban J connectivity index is 2.35. The smallest absolute Gasteiger partial charge is 0.228 e. The van der Waals surface area contributed by atoms with Gasteiger partial charge in [-0.3, -0.25) is 4.79 Å². The van der Waals surface area contributed by atoms with Crippen molar-refractivity contribution in [3.8, 4) is 0 Å². The Morgan fingerprint density at radius 3 is 2.50 bits per heavy atom. The Hall–Kier alpha value is -0.700. The molecule has 0 aromatic rings. The normalized spacial score (nSPS) is 18.7. The van der Waals surface area contributed by atoms with E-state index in [0.29, 0.717) is 26.1 Å². The number of amides is 1. The van der Waals surface area contributed by atoms with Gasteiger partial charge in [0.25, 0.3) is 0 Å². The van der Waals surface area contributed by atoms with Gasteiger partial charge in [-0.2, -0.15) is 0 Å². The minimum absolute atomic E-state index is 0.000190. The summed E-state index contributed by atoms with van der Waals surface area (Å²) in [5.41, 5.74) is -0.454. The van der Waals surface area contributed by atoms with E-state index in [1.54, 1.807) is 7.11 Å². The first-order chi connectivity index (χ1) is 9.40. The largest absolute Gasteiger partial charge is 0.384 e. The van der Waals surface area contributed by atoms with Gasteiger partial charge in [-0.25, -0.2) is 13.1 Å². The molecule has 1 amide bonds. The molecule has 1 rings (SSSR count). The van der Waals surface area contributed by atoms with E-state index in [0.717, 1.165) is 32.2 Å². The monoisotopic (exact) mass is 307 g/mol. The molecule has 1 heterocycles. The summed E-state index contributed by atoms with van der Waals surface area (Å²) in [5.74, 6) is 0.000190. The van der Waals surface area contributed by atoms with Crippen LogP contribution in [0.1, 0.15) is 19.3 Å². The number of ether oxygens (including phenoxy) is 1. The Bertz CT molecular complexity index is 399.